The lowest BCUT2D eigenvalue weighted by Crippen LogP contribution is -2.48. The molecule has 0 saturated heterocycles. The first-order valence-electron chi connectivity index (χ1n) is 11.4. The monoisotopic (exact) mass is 390 g/mol. The van der Waals surface area contributed by atoms with Crippen LogP contribution in [0.5, 0.6) is 0 Å². The molecule has 0 N–H and O–H groups in total. The third-order valence-electron chi connectivity index (χ3n) is 5.80. The summed E-state index contributed by atoms with van der Waals surface area (Å²) in [6, 6.07) is 22.2. The predicted molar refractivity (Wildman–Crippen MR) is 128 cm³/mol. The van der Waals surface area contributed by atoms with Crippen LogP contribution in [0.3, 0.4) is 0 Å². The summed E-state index contributed by atoms with van der Waals surface area (Å²) in [6.07, 6.45) is 14.1. The maximum absolute atomic E-state index is 3.87. The number of hydrogen-bond donors (Lipinski definition) is 0. The van der Waals surface area contributed by atoms with Gasteiger partial charge in [0.05, 0.1) is 13.1 Å². The first-order valence-corrected chi connectivity index (χ1v) is 11.4. The second-order valence-corrected chi connectivity index (χ2v) is 8.35. The Bertz CT molecular complexity index is 612. The smallest absolute Gasteiger partial charge is 0.105 e. The average molecular weight is 391 g/mol. The topological polar surface area (TPSA) is 0 Å². The molecule has 0 radical (unpaired) electrons. The minimum atomic E-state index is 1.12. The van der Waals surface area contributed by atoms with E-state index < -0.39 is 0 Å². The Morgan fingerprint density at radius 3 is 1.34 bits per heavy atom. The fourth-order valence-corrected chi connectivity index (χ4v) is 4.25. The van der Waals surface area contributed by atoms with Crippen LogP contribution >= 0.6 is 0 Å². The summed E-state index contributed by atoms with van der Waals surface area (Å²) in [4.78, 5) is 0. The number of rotatable bonds is 16. The number of hydrogen-bond acceptors (Lipinski definition) is 0. The van der Waals surface area contributed by atoms with E-state index in [-0.39, 0.29) is 0 Å². The van der Waals surface area contributed by atoms with E-state index in [1.807, 2.05) is 0 Å². The van der Waals surface area contributed by atoms with Gasteiger partial charge in [-0.3, -0.25) is 0 Å². The van der Waals surface area contributed by atoms with Crippen molar-refractivity contribution in [2.24, 2.45) is 0 Å². The summed E-state index contributed by atoms with van der Waals surface area (Å²) >= 11 is 0. The Morgan fingerprint density at radius 2 is 0.966 bits per heavy atom. The molecule has 0 aliphatic carbocycles. The molecule has 2 aromatic rings. The molecule has 0 atom stereocenters. The van der Waals surface area contributed by atoms with Crippen molar-refractivity contribution in [3.8, 4) is 0 Å². The fourth-order valence-electron chi connectivity index (χ4n) is 4.25. The number of allylic oxidation sites excluding steroid dienone is 2. The van der Waals surface area contributed by atoms with Crippen LogP contribution in [0, 0.1) is 0 Å². The van der Waals surface area contributed by atoms with Crippen LogP contribution in [-0.2, 0) is 13.1 Å². The average Bonchev–Trinajstić information content (AvgIpc) is 2.75. The summed E-state index contributed by atoms with van der Waals surface area (Å²) in [5, 5.41) is 0. The normalized spacial score (nSPS) is 11.3. The van der Waals surface area contributed by atoms with Gasteiger partial charge in [-0.2, -0.15) is 0 Å². The quantitative estimate of drug-likeness (QED) is 0.156. The van der Waals surface area contributed by atoms with Crippen LogP contribution < -0.4 is 0 Å². The zero-order chi connectivity index (χ0) is 20.6. The molecule has 0 saturated carbocycles. The van der Waals surface area contributed by atoms with Crippen molar-refractivity contribution in [2.45, 2.75) is 64.5 Å². The van der Waals surface area contributed by atoms with E-state index in [0.29, 0.717) is 0 Å². The highest BCUT2D eigenvalue weighted by Crippen LogP contribution is 2.23. The summed E-state index contributed by atoms with van der Waals surface area (Å²) in [6.45, 7) is 12.5. The highest BCUT2D eigenvalue weighted by molar-refractivity contribution is 5.15. The number of nitrogens with zero attached hydrogens (tertiary/aromatic N) is 1. The van der Waals surface area contributed by atoms with Crippen molar-refractivity contribution in [1.82, 2.24) is 0 Å². The van der Waals surface area contributed by atoms with E-state index in [9.17, 15) is 0 Å². The Morgan fingerprint density at radius 1 is 0.552 bits per heavy atom. The van der Waals surface area contributed by atoms with Crippen LogP contribution in [0.15, 0.2) is 86.0 Å². The van der Waals surface area contributed by atoms with E-state index in [0.717, 1.165) is 30.4 Å². The van der Waals surface area contributed by atoms with Gasteiger partial charge in [-0.25, -0.2) is 0 Å². The van der Waals surface area contributed by atoms with Gasteiger partial charge in [-0.05, 0) is 51.4 Å². The molecule has 2 rings (SSSR count). The van der Waals surface area contributed by atoms with Gasteiger partial charge in [0.1, 0.15) is 13.1 Å². The molecular formula is C28H40N+. The van der Waals surface area contributed by atoms with Crippen molar-refractivity contribution >= 4 is 0 Å². The number of quaternary nitrogens is 1. The van der Waals surface area contributed by atoms with Gasteiger partial charge < -0.3 is 4.48 Å². The molecule has 2 aromatic carbocycles. The number of unbranched alkanes of at least 4 members (excludes halogenated alkanes) is 6. The summed E-state index contributed by atoms with van der Waals surface area (Å²) in [7, 11) is 0. The van der Waals surface area contributed by atoms with E-state index >= 15 is 0 Å². The molecule has 0 heterocycles. The third-order valence-corrected chi connectivity index (χ3v) is 5.80. The lowest BCUT2D eigenvalue weighted by Gasteiger charge is -2.39. The van der Waals surface area contributed by atoms with Gasteiger partial charge in [0.25, 0.3) is 0 Å². The molecule has 156 valence electrons. The molecule has 0 bridgehead atoms. The van der Waals surface area contributed by atoms with E-state index in [2.05, 4.69) is 86.0 Å². The van der Waals surface area contributed by atoms with Gasteiger partial charge in [0, 0.05) is 11.1 Å². The Labute approximate surface area is 179 Å². The minimum absolute atomic E-state index is 1.12. The second-order valence-electron chi connectivity index (χ2n) is 8.35. The van der Waals surface area contributed by atoms with Gasteiger partial charge in [-0.15, -0.1) is 13.2 Å². The van der Waals surface area contributed by atoms with E-state index in [1.54, 1.807) is 0 Å². The lowest BCUT2D eigenvalue weighted by atomic mass is 10.1. The van der Waals surface area contributed by atoms with Crippen LogP contribution in [0.4, 0.5) is 0 Å². The molecular weight excluding hydrogens is 350 g/mol. The molecule has 29 heavy (non-hydrogen) atoms. The van der Waals surface area contributed by atoms with Crippen LogP contribution in [0.2, 0.25) is 0 Å². The molecule has 0 aliphatic heterocycles. The lowest BCUT2D eigenvalue weighted by molar-refractivity contribution is -0.954. The first-order chi connectivity index (χ1) is 14.3. The van der Waals surface area contributed by atoms with Gasteiger partial charge in [-0.1, -0.05) is 72.8 Å². The van der Waals surface area contributed by atoms with Gasteiger partial charge >= 0.3 is 0 Å². The highest BCUT2D eigenvalue weighted by Gasteiger charge is 2.27. The molecule has 0 fully saturated rings. The van der Waals surface area contributed by atoms with Crippen molar-refractivity contribution in [1.29, 1.82) is 0 Å². The predicted octanol–water partition coefficient (Wildman–Crippen LogP) is 7.70. The molecule has 0 spiro atoms. The van der Waals surface area contributed by atoms with Crippen LogP contribution in [0.25, 0.3) is 0 Å². The fraction of sp³-hybridized carbons (Fsp3) is 0.429. The van der Waals surface area contributed by atoms with E-state index in [1.165, 1.54) is 62.7 Å². The van der Waals surface area contributed by atoms with Crippen molar-refractivity contribution in [3.63, 3.8) is 0 Å². The molecule has 1 nitrogen and oxygen atoms in total. The van der Waals surface area contributed by atoms with Crippen LogP contribution in [-0.4, -0.2) is 17.6 Å². The maximum Gasteiger partial charge on any atom is 0.105 e. The van der Waals surface area contributed by atoms with Gasteiger partial charge in [0.15, 0.2) is 0 Å². The largest absolute Gasteiger partial charge is 0.316 e. The summed E-state index contributed by atoms with van der Waals surface area (Å²) in [5.74, 6) is 0. The van der Waals surface area contributed by atoms with Gasteiger partial charge in [0.2, 0.25) is 0 Å². The zero-order valence-electron chi connectivity index (χ0n) is 18.3. The molecule has 0 amide bonds. The minimum Gasteiger partial charge on any atom is -0.316 e. The zero-order valence-corrected chi connectivity index (χ0v) is 18.3. The van der Waals surface area contributed by atoms with Crippen molar-refractivity contribution < 1.29 is 4.48 Å². The van der Waals surface area contributed by atoms with Crippen molar-refractivity contribution in [2.75, 3.05) is 13.1 Å². The summed E-state index contributed by atoms with van der Waals surface area (Å²) < 4.78 is 1.16. The maximum atomic E-state index is 3.87. The second kappa shape index (κ2) is 14.0. The summed E-state index contributed by atoms with van der Waals surface area (Å²) in [5.41, 5.74) is 2.92. The Balaban J connectivity index is 2.14. The Kier molecular flexibility index (Phi) is 11.1. The molecule has 0 unspecified atom stereocenters. The standard InChI is InChI=1S/C28H40N/c1-3-5-7-9-17-23-29(24-18-10-8-6-4-2,25-27-19-13-11-14-20-27)26-28-21-15-12-16-22-28/h3-4,11-16,19-22H,1-2,5-10,17-18,23-26H2/q+1. The first kappa shape index (κ1) is 23.2. The van der Waals surface area contributed by atoms with E-state index in [4.69, 9.17) is 0 Å². The van der Waals surface area contributed by atoms with Crippen molar-refractivity contribution in [3.05, 3.63) is 97.1 Å². The third kappa shape index (κ3) is 9.28. The molecule has 0 aromatic heterocycles. The molecule has 1 heteroatoms. The molecule has 0 aliphatic rings. The van der Waals surface area contributed by atoms with Crippen LogP contribution in [0.1, 0.15) is 62.5 Å². The Hall–Kier alpha value is -2.12. The number of benzene rings is 2. The SMILES string of the molecule is C=CCCCCC[N+](CCCCCC=C)(Cc1ccccc1)Cc1ccccc1. The highest BCUT2D eigenvalue weighted by atomic mass is 15.3.